The Morgan fingerprint density at radius 2 is 2.03 bits per heavy atom. The summed E-state index contributed by atoms with van der Waals surface area (Å²) in [5, 5.41) is 5.59. The molecule has 0 saturated carbocycles. The molecule has 33 heavy (non-hydrogen) atoms. The third-order valence-corrected chi connectivity index (χ3v) is 6.18. The van der Waals surface area contributed by atoms with E-state index >= 15 is 0 Å². The van der Waals surface area contributed by atoms with Gasteiger partial charge in [-0.3, -0.25) is 14.7 Å². The molecular formula is C24H23N5O3S. The number of likely N-dealkylation sites (tertiary alicyclic amines) is 1. The summed E-state index contributed by atoms with van der Waals surface area (Å²) in [5.41, 5.74) is 3.08. The normalized spacial score (nSPS) is 16.7. The number of piperidine rings is 1. The van der Waals surface area contributed by atoms with Gasteiger partial charge in [0.1, 0.15) is 6.04 Å². The topological polar surface area (TPSA) is 86.3 Å². The molecule has 9 heteroatoms. The second-order valence-corrected chi connectivity index (χ2v) is 8.30. The number of rotatable bonds is 5. The molecule has 1 saturated heterocycles. The number of benzene rings is 1. The van der Waals surface area contributed by atoms with Crippen LogP contribution in [0.3, 0.4) is 0 Å². The number of methoxy groups -OCH3 is 1. The largest absolute Gasteiger partial charge is 0.468 e. The quantitative estimate of drug-likeness (QED) is 0.318. The Morgan fingerprint density at radius 1 is 1.18 bits per heavy atom. The van der Waals surface area contributed by atoms with Crippen LogP contribution in [-0.2, 0) is 16.2 Å². The fourth-order valence-electron chi connectivity index (χ4n) is 4.24. The number of hydrogen-bond acceptors (Lipinski definition) is 8. The number of pyridine rings is 2. The Balaban J connectivity index is 1.54. The molecule has 1 fully saturated rings. The summed E-state index contributed by atoms with van der Waals surface area (Å²) < 4.78 is 12.6. The monoisotopic (exact) mass is 461 g/mol. The van der Waals surface area contributed by atoms with E-state index in [1.807, 2.05) is 53.4 Å². The number of carbonyl (C=O) groups excluding carboxylic acids is 1. The maximum absolute atomic E-state index is 12.2. The zero-order chi connectivity index (χ0) is 22.8. The highest BCUT2D eigenvalue weighted by Gasteiger charge is 2.30. The van der Waals surface area contributed by atoms with Crippen molar-refractivity contribution in [2.24, 2.45) is 0 Å². The third-order valence-electron chi connectivity index (χ3n) is 5.88. The Morgan fingerprint density at radius 3 is 2.85 bits per heavy atom. The van der Waals surface area contributed by atoms with Crippen LogP contribution in [0.1, 0.15) is 19.3 Å². The Bertz CT molecular complexity index is 1350. The van der Waals surface area contributed by atoms with Crippen molar-refractivity contribution in [1.29, 1.82) is 0 Å². The Labute approximate surface area is 195 Å². The van der Waals surface area contributed by atoms with E-state index in [1.165, 1.54) is 7.11 Å². The number of aromatic nitrogens is 4. The van der Waals surface area contributed by atoms with Crippen molar-refractivity contribution in [2.45, 2.75) is 32.0 Å². The first-order chi connectivity index (χ1) is 16.1. The van der Waals surface area contributed by atoms with E-state index < -0.39 is 0 Å². The number of carbonyl (C=O) groups is 1. The maximum Gasteiger partial charge on any atom is 0.323 e. The van der Waals surface area contributed by atoms with Crippen LogP contribution in [0.25, 0.3) is 33.7 Å². The molecule has 0 radical (unpaired) electrons. The lowest BCUT2D eigenvalue weighted by Gasteiger charge is -2.32. The standard InChI is InChI=1S/C24H23N5O3S/c1-31-23(30)21-11-5-7-13-28(21)15-29-24(33)32-22(27-29)17-14-20(19-10-4-6-12-25-19)26-18-9-3-2-8-16(17)18/h2-4,6,8-10,12,14,21H,5,7,11,13,15H2,1H3/t21-/m1/s1. The highest BCUT2D eigenvalue weighted by Crippen LogP contribution is 2.31. The number of esters is 1. The summed E-state index contributed by atoms with van der Waals surface area (Å²) in [7, 11) is 1.42. The SMILES string of the molecule is COC(=O)[C@H]1CCCCN1Cn1nc(-c2cc(-c3ccccn3)nc3ccccc23)oc1=S. The lowest BCUT2D eigenvalue weighted by molar-refractivity contribution is -0.149. The minimum absolute atomic E-state index is 0.231. The zero-order valence-electron chi connectivity index (χ0n) is 18.2. The molecule has 0 spiro atoms. The van der Waals surface area contributed by atoms with Gasteiger partial charge in [0.25, 0.3) is 4.84 Å². The molecule has 0 bridgehead atoms. The molecule has 0 unspecified atom stereocenters. The van der Waals surface area contributed by atoms with Crippen LogP contribution < -0.4 is 0 Å². The summed E-state index contributed by atoms with van der Waals surface area (Å²) in [6, 6.07) is 15.2. The predicted octanol–water partition coefficient (Wildman–Crippen LogP) is 4.47. The van der Waals surface area contributed by atoms with Gasteiger partial charge >= 0.3 is 5.97 Å². The van der Waals surface area contributed by atoms with Crippen molar-refractivity contribution in [3.63, 3.8) is 0 Å². The highest BCUT2D eigenvalue weighted by molar-refractivity contribution is 7.71. The van der Waals surface area contributed by atoms with Gasteiger partial charge in [-0.25, -0.2) is 9.67 Å². The molecule has 1 aliphatic heterocycles. The first-order valence-electron chi connectivity index (χ1n) is 10.9. The van der Waals surface area contributed by atoms with Gasteiger partial charge < -0.3 is 9.15 Å². The lowest BCUT2D eigenvalue weighted by atomic mass is 10.0. The van der Waals surface area contributed by atoms with Crippen LogP contribution >= 0.6 is 12.2 Å². The molecule has 5 rings (SSSR count). The van der Waals surface area contributed by atoms with Crippen molar-refractivity contribution >= 4 is 29.1 Å². The molecular weight excluding hydrogens is 438 g/mol. The number of hydrogen-bond donors (Lipinski definition) is 0. The molecule has 0 aliphatic carbocycles. The van der Waals surface area contributed by atoms with E-state index in [2.05, 4.69) is 10.1 Å². The summed E-state index contributed by atoms with van der Waals surface area (Å²) in [6.07, 6.45) is 4.49. The number of nitrogens with zero attached hydrogens (tertiary/aromatic N) is 5. The number of fused-ring (bicyclic) bond motifs is 1. The van der Waals surface area contributed by atoms with Gasteiger partial charge in [0, 0.05) is 18.1 Å². The van der Waals surface area contributed by atoms with Crippen molar-refractivity contribution in [3.05, 3.63) is 59.6 Å². The third kappa shape index (κ3) is 4.29. The minimum atomic E-state index is -0.302. The Hall–Kier alpha value is -3.43. The van der Waals surface area contributed by atoms with Gasteiger partial charge in [-0.2, -0.15) is 0 Å². The molecule has 0 N–H and O–H groups in total. The second kappa shape index (κ2) is 9.21. The fourth-order valence-corrected chi connectivity index (χ4v) is 4.42. The molecule has 0 amide bonds. The van der Waals surface area contributed by atoms with Crippen molar-refractivity contribution in [3.8, 4) is 22.8 Å². The van der Waals surface area contributed by atoms with Gasteiger partial charge in [0.2, 0.25) is 5.89 Å². The summed E-state index contributed by atoms with van der Waals surface area (Å²) >= 11 is 5.49. The second-order valence-electron chi connectivity index (χ2n) is 7.95. The average molecular weight is 462 g/mol. The van der Waals surface area contributed by atoms with Gasteiger partial charge in [-0.15, -0.1) is 5.10 Å². The van der Waals surface area contributed by atoms with E-state index in [0.29, 0.717) is 12.6 Å². The number of para-hydroxylation sites is 1. The van der Waals surface area contributed by atoms with E-state index in [9.17, 15) is 4.79 Å². The molecule has 4 aromatic rings. The zero-order valence-corrected chi connectivity index (χ0v) is 19.0. The van der Waals surface area contributed by atoms with E-state index in [4.69, 9.17) is 26.4 Å². The first-order valence-corrected chi connectivity index (χ1v) is 11.3. The van der Waals surface area contributed by atoms with Crippen LogP contribution in [0.15, 0.2) is 59.1 Å². The minimum Gasteiger partial charge on any atom is -0.468 e. The van der Waals surface area contributed by atoms with E-state index in [1.54, 1.807) is 10.9 Å². The molecule has 4 heterocycles. The fraction of sp³-hybridized carbons (Fsp3) is 0.292. The molecule has 1 aromatic carbocycles. The van der Waals surface area contributed by atoms with Gasteiger partial charge in [-0.1, -0.05) is 30.7 Å². The summed E-state index contributed by atoms with van der Waals surface area (Å²) in [5.74, 6) is 0.174. The molecule has 168 valence electrons. The predicted molar refractivity (Wildman–Crippen MR) is 126 cm³/mol. The van der Waals surface area contributed by atoms with E-state index in [0.717, 1.165) is 53.7 Å². The summed E-state index contributed by atoms with van der Waals surface area (Å²) in [4.78, 5) is 23.7. The number of ether oxygens (including phenoxy) is 1. The molecule has 1 atom stereocenters. The van der Waals surface area contributed by atoms with Gasteiger partial charge in [0.15, 0.2) is 0 Å². The van der Waals surface area contributed by atoms with Crippen LogP contribution in [0.2, 0.25) is 0 Å². The van der Waals surface area contributed by atoms with Gasteiger partial charge in [-0.05, 0) is 49.3 Å². The van der Waals surface area contributed by atoms with Crippen LogP contribution in [0.4, 0.5) is 0 Å². The molecule has 3 aromatic heterocycles. The summed E-state index contributed by atoms with van der Waals surface area (Å²) in [6.45, 7) is 1.13. The van der Waals surface area contributed by atoms with Crippen LogP contribution in [0.5, 0.6) is 0 Å². The van der Waals surface area contributed by atoms with Crippen LogP contribution in [0, 0.1) is 4.84 Å². The highest BCUT2D eigenvalue weighted by atomic mass is 32.1. The van der Waals surface area contributed by atoms with Crippen molar-refractivity contribution in [2.75, 3.05) is 13.7 Å². The van der Waals surface area contributed by atoms with E-state index in [-0.39, 0.29) is 16.8 Å². The molecule has 8 nitrogen and oxygen atoms in total. The van der Waals surface area contributed by atoms with Crippen LogP contribution in [-0.4, -0.2) is 50.3 Å². The first kappa shape index (κ1) is 21.4. The Kier molecular flexibility index (Phi) is 5.97. The average Bonchev–Trinajstić information content (AvgIpc) is 3.23. The maximum atomic E-state index is 12.2. The van der Waals surface area contributed by atoms with Crippen molar-refractivity contribution in [1.82, 2.24) is 24.6 Å². The van der Waals surface area contributed by atoms with Crippen molar-refractivity contribution < 1.29 is 13.9 Å². The molecule has 1 aliphatic rings. The van der Waals surface area contributed by atoms with Gasteiger partial charge in [0.05, 0.1) is 36.2 Å². The lowest BCUT2D eigenvalue weighted by Crippen LogP contribution is -2.46. The smallest absolute Gasteiger partial charge is 0.323 e.